The maximum absolute atomic E-state index is 9.53. The minimum atomic E-state index is 0.326. The molecular formula is C16H22BrNO. The van der Waals surface area contributed by atoms with Gasteiger partial charge in [-0.25, -0.2) is 0 Å². The second-order valence-corrected chi connectivity index (χ2v) is 7.12. The summed E-state index contributed by atoms with van der Waals surface area (Å²) in [5.41, 5.74) is 1.98. The van der Waals surface area contributed by atoms with Crippen molar-refractivity contribution in [1.29, 1.82) is 0 Å². The molecule has 1 saturated heterocycles. The third-order valence-electron chi connectivity index (χ3n) is 5.00. The van der Waals surface area contributed by atoms with Crippen molar-refractivity contribution in [3.8, 4) is 5.75 Å². The number of hydrogen-bond acceptors (Lipinski definition) is 2. The number of piperidine rings is 1. The van der Waals surface area contributed by atoms with Crippen LogP contribution in [-0.4, -0.2) is 23.1 Å². The molecule has 1 N–H and O–H groups in total. The second-order valence-electron chi connectivity index (χ2n) is 6.27. The molecule has 0 unspecified atom stereocenters. The Bertz CT molecular complexity index is 444. The summed E-state index contributed by atoms with van der Waals surface area (Å²) in [4.78, 5) is 2.56. The number of hydrogen-bond donors (Lipinski definition) is 1. The first-order valence-corrected chi connectivity index (χ1v) is 8.16. The van der Waals surface area contributed by atoms with E-state index in [9.17, 15) is 5.11 Å². The fraction of sp³-hybridized carbons (Fsp3) is 0.625. The molecule has 0 atom stereocenters. The Labute approximate surface area is 123 Å². The van der Waals surface area contributed by atoms with Crippen LogP contribution in [0.5, 0.6) is 5.75 Å². The van der Waals surface area contributed by atoms with E-state index in [0.29, 0.717) is 11.2 Å². The highest BCUT2D eigenvalue weighted by Crippen LogP contribution is 2.46. The van der Waals surface area contributed by atoms with Crippen molar-refractivity contribution in [2.24, 2.45) is 5.41 Å². The SMILES string of the molecule is Oc1ccc(CN2CCC3(CCCC3)CC2)cc1Br. The van der Waals surface area contributed by atoms with Crippen LogP contribution in [0.15, 0.2) is 22.7 Å². The topological polar surface area (TPSA) is 23.5 Å². The van der Waals surface area contributed by atoms with E-state index in [2.05, 4.69) is 20.8 Å². The number of halogens is 1. The lowest BCUT2D eigenvalue weighted by atomic mass is 9.77. The number of aromatic hydroxyl groups is 1. The van der Waals surface area contributed by atoms with Gasteiger partial charge >= 0.3 is 0 Å². The molecule has 1 aromatic rings. The van der Waals surface area contributed by atoms with Gasteiger partial charge in [-0.15, -0.1) is 0 Å². The number of phenolic OH excluding ortho intramolecular Hbond substituents is 1. The monoisotopic (exact) mass is 323 g/mol. The summed E-state index contributed by atoms with van der Waals surface area (Å²) in [6, 6.07) is 5.84. The molecule has 1 aliphatic heterocycles. The van der Waals surface area contributed by atoms with Crippen LogP contribution in [0.25, 0.3) is 0 Å². The van der Waals surface area contributed by atoms with Crippen LogP contribution in [0.4, 0.5) is 0 Å². The molecule has 19 heavy (non-hydrogen) atoms. The Kier molecular flexibility index (Phi) is 3.86. The molecule has 0 radical (unpaired) electrons. The molecule has 0 amide bonds. The number of nitrogens with zero attached hydrogens (tertiary/aromatic N) is 1. The van der Waals surface area contributed by atoms with E-state index >= 15 is 0 Å². The summed E-state index contributed by atoms with van der Waals surface area (Å²) in [6.45, 7) is 3.48. The van der Waals surface area contributed by atoms with Gasteiger partial charge in [0.1, 0.15) is 5.75 Å². The third-order valence-corrected chi connectivity index (χ3v) is 5.63. The van der Waals surface area contributed by atoms with Gasteiger partial charge in [0, 0.05) is 6.54 Å². The third kappa shape index (κ3) is 2.97. The minimum absolute atomic E-state index is 0.326. The van der Waals surface area contributed by atoms with Crippen molar-refractivity contribution in [2.75, 3.05) is 13.1 Å². The van der Waals surface area contributed by atoms with Gasteiger partial charge in [-0.1, -0.05) is 18.9 Å². The van der Waals surface area contributed by atoms with Crippen molar-refractivity contribution in [3.05, 3.63) is 28.2 Å². The summed E-state index contributed by atoms with van der Waals surface area (Å²) in [5, 5.41) is 9.53. The average Bonchev–Trinajstić information content (AvgIpc) is 2.86. The first-order chi connectivity index (χ1) is 9.17. The Morgan fingerprint density at radius 1 is 1.11 bits per heavy atom. The predicted molar refractivity (Wildman–Crippen MR) is 81.2 cm³/mol. The smallest absolute Gasteiger partial charge is 0.129 e. The lowest BCUT2D eigenvalue weighted by Crippen LogP contribution is -2.38. The van der Waals surface area contributed by atoms with E-state index in [0.717, 1.165) is 11.0 Å². The molecule has 1 heterocycles. The molecule has 3 heteroatoms. The largest absolute Gasteiger partial charge is 0.507 e. The fourth-order valence-corrected chi connectivity index (χ4v) is 4.14. The first kappa shape index (κ1) is 13.4. The van der Waals surface area contributed by atoms with Crippen LogP contribution in [0.2, 0.25) is 0 Å². The van der Waals surface area contributed by atoms with Gasteiger partial charge in [0.2, 0.25) is 0 Å². The molecular weight excluding hydrogens is 302 g/mol. The van der Waals surface area contributed by atoms with Gasteiger partial charge in [0.05, 0.1) is 4.47 Å². The van der Waals surface area contributed by atoms with Crippen LogP contribution in [-0.2, 0) is 6.54 Å². The van der Waals surface area contributed by atoms with E-state index in [4.69, 9.17) is 0 Å². The number of likely N-dealkylation sites (tertiary alicyclic amines) is 1. The lowest BCUT2D eigenvalue weighted by Gasteiger charge is -2.39. The number of phenols is 1. The normalized spacial score (nSPS) is 23.0. The molecule has 2 nitrogen and oxygen atoms in total. The molecule has 3 rings (SSSR count). The van der Waals surface area contributed by atoms with E-state index in [-0.39, 0.29) is 0 Å². The van der Waals surface area contributed by atoms with Gasteiger partial charge in [-0.3, -0.25) is 4.90 Å². The van der Waals surface area contributed by atoms with Crippen molar-refractivity contribution in [1.82, 2.24) is 4.90 Å². The standard InChI is InChI=1S/C16H22BrNO/c17-14-11-13(3-4-15(14)19)12-18-9-7-16(8-10-18)5-1-2-6-16/h3-4,11,19H,1-2,5-10,12H2. The van der Waals surface area contributed by atoms with E-state index in [1.807, 2.05) is 12.1 Å². The quantitative estimate of drug-likeness (QED) is 0.876. The average molecular weight is 324 g/mol. The predicted octanol–water partition coefficient (Wildman–Crippen LogP) is 4.31. The molecule has 1 saturated carbocycles. The zero-order valence-electron chi connectivity index (χ0n) is 11.4. The van der Waals surface area contributed by atoms with Crippen LogP contribution in [0, 0.1) is 5.41 Å². The summed E-state index contributed by atoms with van der Waals surface area (Å²) in [6.07, 6.45) is 8.59. The van der Waals surface area contributed by atoms with Crippen molar-refractivity contribution in [2.45, 2.75) is 45.1 Å². The molecule has 104 valence electrons. The van der Waals surface area contributed by atoms with Gasteiger partial charge in [0.15, 0.2) is 0 Å². The zero-order valence-corrected chi connectivity index (χ0v) is 13.0. The van der Waals surface area contributed by atoms with E-state index in [1.165, 1.54) is 57.2 Å². The van der Waals surface area contributed by atoms with Crippen LogP contribution < -0.4 is 0 Å². The zero-order chi connectivity index (χ0) is 13.3. The Morgan fingerprint density at radius 3 is 2.42 bits per heavy atom. The van der Waals surface area contributed by atoms with Gasteiger partial charge < -0.3 is 5.11 Å². The highest BCUT2D eigenvalue weighted by molar-refractivity contribution is 9.10. The number of benzene rings is 1. The minimum Gasteiger partial charge on any atom is -0.507 e. The molecule has 1 aromatic carbocycles. The highest BCUT2D eigenvalue weighted by Gasteiger charge is 2.36. The van der Waals surface area contributed by atoms with Crippen LogP contribution in [0.1, 0.15) is 44.1 Å². The summed E-state index contributed by atoms with van der Waals surface area (Å²) in [7, 11) is 0. The molecule has 1 spiro atoms. The summed E-state index contributed by atoms with van der Waals surface area (Å²) < 4.78 is 0.800. The van der Waals surface area contributed by atoms with Crippen LogP contribution >= 0.6 is 15.9 Å². The first-order valence-electron chi connectivity index (χ1n) is 7.37. The Hall–Kier alpha value is -0.540. The highest BCUT2D eigenvalue weighted by atomic mass is 79.9. The van der Waals surface area contributed by atoms with Crippen molar-refractivity contribution >= 4 is 15.9 Å². The summed E-state index contributed by atoms with van der Waals surface area (Å²) >= 11 is 3.39. The van der Waals surface area contributed by atoms with Crippen molar-refractivity contribution < 1.29 is 5.11 Å². The van der Waals surface area contributed by atoms with E-state index in [1.54, 1.807) is 6.07 Å². The molecule has 1 aliphatic carbocycles. The molecule has 0 aromatic heterocycles. The second kappa shape index (κ2) is 5.45. The summed E-state index contributed by atoms with van der Waals surface area (Å²) in [5.74, 6) is 0.326. The molecule has 2 fully saturated rings. The van der Waals surface area contributed by atoms with Crippen molar-refractivity contribution in [3.63, 3.8) is 0 Å². The van der Waals surface area contributed by atoms with Gasteiger partial charge in [-0.05, 0) is 77.8 Å². The number of rotatable bonds is 2. The maximum atomic E-state index is 9.53. The molecule has 2 aliphatic rings. The van der Waals surface area contributed by atoms with Gasteiger partial charge in [-0.2, -0.15) is 0 Å². The van der Waals surface area contributed by atoms with Crippen LogP contribution in [0.3, 0.4) is 0 Å². The lowest BCUT2D eigenvalue weighted by molar-refractivity contribution is 0.103. The van der Waals surface area contributed by atoms with Gasteiger partial charge in [0.25, 0.3) is 0 Å². The molecule has 0 bridgehead atoms. The maximum Gasteiger partial charge on any atom is 0.129 e. The Morgan fingerprint density at radius 2 is 1.79 bits per heavy atom. The Balaban J connectivity index is 1.58. The fourth-order valence-electron chi connectivity index (χ4n) is 3.72. The van der Waals surface area contributed by atoms with E-state index < -0.39 is 0 Å².